The first-order chi connectivity index (χ1) is 16.7. The van der Waals surface area contributed by atoms with Crippen molar-refractivity contribution in [3.8, 4) is 11.4 Å². The maximum Gasteiger partial charge on any atom is 0.223 e. The van der Waals surface area contributed by atoms with E-state index in [2.05, 4.69) is 35.2 Å². The van der Waals surface area contributed by atoms with Crippen LogP contribution >= 0.6 is 0 Å². The van der Waals surface area contributed by atoms with Crippen LogP contribution in [0.25, 0.3) is 33.4 Å². The van der Waals surface area contributed by atoms with Gasteiger partial charge in [-0.05, 0) is 54.6 Å². The van der Waals surface area contributed by atoms with E-state index in [-0.39, 0.29) is 5.55 Å². The molecule has 0 aliphatic carbocycles. The average molecular weight is 443 g/mol. The zero-order valence-corrected chi connectivity index (χ0v) is 18.6. The normalized spacial score (nSPS) is 11.2. The van der Waals surface area contributed by atoms with Gasteiger partial charge in [0.25, 0.3) is 0 Å². The second-order valence-electron chi connectivity index (χ2n) is 8.20. The summed E-state index contributed by atoms with van der Waals surface area (Å²) in [5.41, 5.74) is 6.40. The van der Waals surface area contributed by atoms with Crippen LogP contribution in [0.5, 0.6) is 0 Å². The van der Waals surface area contributed by atoms with Crippen molar-refractivity contribution in [2.75, 3.05) is 4.90 Å². The number of nitrogens with one attached hydrogen (secondary N) is 1. The van der Waals surface area contributed by atoms with Crippen molar-refractivity contribution in [1.29, 1.82) is 5.41 Å². The molecule has 0 atom stereocenters. The standard InChI is InChI=1S/C29H22N4O/c1-32-26-15-9-8-14-25(26)31-29(32)24-18-20-16-17-23(19-27(20)34-28(24)30)33(21-10-4-2-5-11-21)22-12-6-3-7-13-22/h2-19,30H,1H3. The summed E-state index contributed by atoms with van der Waals surface area (Å²) in [6.45, 7) is 0. The maximum absolute atomic E-state index is 8.63. The lowest BCUT2D eigenvalue weighted by Crippen LogP contribution is -2.10. The molecule has 0 amide bonds. The molecule has 0 aliphatic rings. The second-order valence-corrected chi connectivity index (χ2v) is 8.20. The zero-order valence-electron chi connectivity index (χ0n) is 18.6. The van der Waals surface area contributed by atoms with Gasteiger partial charge in [0, 0.05) is 35.6 Å². The van der Waals surface area contributed by atoms with Gasteiger partial charge in [-0.25, -0.2) is 4.98 Å². The molecule has 0 fully saturated rings. The molecule has 0 spiro atoms. The largest absolute Gasteiger partial charge is 0.438 e. The third kappa shape index (κ3) is 3.35. The van der Waals surface area contributed by atoms with Crippen molar-refractivity contribution >= 4 is 39.1 Å². The molecule has 4 aromatic carbocycles. The number of imidazole rings is 1. The van der Waals surface area contributed by atoms with E-state index in [0.29, 0.717) is 11.1 Å². The monoisotopic (exact) mass is 442 g/mol. The molecule has 164 valence electrons. The summed E-state index contributed by atoms with van der Waals surface area (Å²) in [4.78, 5) is 6.93. The fourth-order valence-electron chi connectivity index (χ4n) is 4.41. The molecule has 5 heteroatoms. The van der Waals surface area contributed by atoms with E-state index in [0.717, 1.165) is 39.3 Å². The Bertz CT molecular complexity index is 1650. The Morgan fingerprint density at radius 1 is 0.735 bits per heavy atom. The predicted octanol–water partition coefficient (Wildman–Crippen LogP) is 6.94. The molecule has 0 saturated heterocycles. The van der Waals surface area contributed by atoms with Crippen LogP contribution in [-0.2, 0) is 7.05 Å². The minimum Gasteiger partial charge on any atom is -0.438 e. The molecule has 0 saturated carbocycles. The van der Waals surface area contributed by atoms with Crippen LogP contribution in [0.4, 0.5) is 17.1 Å². The molecule has 0 unspecified atom stereocenters. The van der Waals surface area contributed by atoms with Gasteiger partial charge in [-0.2, -0.15) is 0 Å². The van der Waals surface area contributed by atoms with E-state index in [9.17, 15) is 0 Å². The molecular weight excluding hydrogens is 420 g/mol. The minimum atomic E-state index is 0.0917. The number of benzene rings is 4. The molecule has 0 bridgehead atoms. The van der Waals surface area contributed by atoms with Gasteiger partial charge >= 0.3 is 0 Å². The lowest BCUT2D eigenvalue weighted by atomic mass is 10.1. The topological polar surface area (TPSA) is 58.1 Å². The average Bonchev–Trinajstić information content (AvgIpc) is 3.21. The Kier molecular flexibility index (Phi) is 4.73. The van der Waals surface area contributed by atoms with E-state index in [1.54, 1.807) is 0 Å². The van der Waals surface area contributed by atoms with Crippen molar-refractivity contribution < 1.29 is 4.42 Å². The molecule has 2 heterocycles. The van der Waals surface area contributed by atoms with E-state index in [4.69, 9.17) is 14.8 Å². The van der Waals surface area contributed by atoms with Crippen molar-refractivity contribution in [3.05, 3.63) is 115 Å². The molecule has 1 N–H and O–H groups in total. The SMILES string of the molecule is Cn1c(-c2cc3ccc(N(c4ccccc4)c4ccccc4)cc3oc2=N)nc2ccccc21. The van der Waals surface area contributed by atoms with Crippen LogP contribution in [0.3, 0.4) is 0 Å². The molecule has 2 aromatic heterocycles. The lowest BCUT2D eigenvalue weighted by Gasteiger charge is -2.25. The van der Waals surface area contributed by atoms with Gasteiger partial charge < -0.3 is 13.9 Å². The third-order valence-corrected chi connectivity index (χ3v) is 6.07. The summed E-state index contributed by atoms with van der Waals surface area (Å²) < 4.78 is 8.05. The van der Waals surface area contributed by atoms with E-state index < -0.39 is 0 Å². The maximum atomic E-state index is 8.63. The lowest BCUT2D eigenvalue weighted by molar-refractivity contribution is 0.535. The first-order valence-electron chi connectivity index (χ1n) is 11.1. The van der Waals surface area contributed by atoms with Crippen LogP contribution in [0.2, 0.25) is 0 Å². The minimum absolute atomic E-state index is 0.0917. The van der Waals surface area contributed by atoms with Gasteiger partial charge in [0.2, 0.25) is 5.55 Å². The second kappa shape index (κ2) is 8.05. The van der Waals surface area contributed by atoms with E-state index in [1.165, 1.54) is 0 Å². The highest BCUT2D eigenvalue weighted by Crippen LogP contribution is 2.36. The Balaban J connectivity index is 1.50. The highest BCUT2D eigenvalue weighted by atomic mass is 16.3. The summed E-state index contributed by atoms with van der Waals surface area (Å²) in [7, 11) is 1.97. The van der Waals surface area contributed by atoms with Crippen LogP contribution in [0.15, 0.2) is 114 Å². The summed E-state index contributed by atoms with van der Waals surface area (Å²) in [6, 6.07) is 36.5. The van der Waals surface area contributed by atoms with Crippen molar-refractivity contribution in [3.63, 3.8) is 0 Å². The molecule has 5 nitrogen and oxygen atoms in total. The Labute approximate surface area is 196 Å². The van der Waals surface area contributed by atoms with Crippen LogP contribution in [-0.4, -0.2) is 9.55 Å². The Morgan fingerprint density at radius 3 is 2.06 bits per heavy atom. The molecule has 0 radical (unpaired) electrons. The Hall–Kier alpha value is -4.64. The highest BCUT2D eigenvalue weighted by Gasteiger charge is 2.16. The number of aryl methyl sites for hydroxylation is 1. The van der Waals surface area contributed by atoms with E-state index in [1.807, 2.05) is 90.5 Å². The van der Waals surface area contributed by atoms with Gasteiger partial charge in [-0.1, -0.05) is 48.5 Å². The first kappa shape index (κ1) is 20.0. The van der Waals surface area contributed by atoms with Crippen LogP contribution in [0.1, 0.15) is 0 Å². The van der Waals surface area contributed by atoms with Crippen molar-refractivity contribution in [2.24, 2.45) is 7.05 Å². The number of aromatic nitrogens is 2. The number of hydrogen-bond donors (Lipinski definition) is 1. The number of hydrogen-bond acceptors (Lipinski definition) is 4. The number of rotatable bonds is 4. The van der Waals surface area contributed by atoms with Gasteiger partial charge in [-0.15, -0.1) is 0 Å². The van der Waals surface area contributed by atoms with Crippen LogP contribution < -0.4 is 10.5 Å². The van der Waals surface area contributed by atoms with E-state index >= 15 is 0 Å². The van der Waals surface area contributed by atoms with Gasteiger partial charge in [-0.3, -0.25) is 5.41 Å². The number of para-hydroxylation sites is 4. The first-order valence-corrected chi connectivity index (χ1v) is 11.1. The smallest absolute Gasteiger partial charge is 0.223 e. The summed E-state index contributed by atoms with van der Waals surface area (Å²) in [5.74, 6) is 0.719. The fourth-order valence-corrected chi connectivity index (χ4v) is 4.41. The summed E-state index contributed by atoms with van der Waals surface area (Å²) in [6.07, 6.45) is 0. The van der Waals surface area contributed by atoms with Crippen molar-refractivity contribution in [1.82, 2.24) is 9.55 Å². The Morgan fingerprint density at radius 2 is 1.38 bits per heavy atom. The summed E-state index contributed by atoms with van der Waals surface area (Å²) >= 11 is 0. The molecule has 6 rings (SSSR count). The quantitative estimate of drug-likeness (QED) is 0.322. The third-order valence-electron chi connectivity index (χ3n) is 6.07. The van der Waals surface area contributed by atoms with Gasteiger partial charge in [0.15, 0.2) is 0 Å². The number of nitrogens with zero attached hydrogens (tertiary/aromatic N) is 3. The van der Waals surface area contributed by atoms with Crippen molar-refractivity contribution in [2.45, 2.75) is 0 Å². The van der Waals surface area contributed by atoms with Gasteiger partial charge in [0.05, 0.1) is 16.6 Å². The molecule has 34 heavy (non-hydrogen) atoms. The highest BCUT2D eigenvalue weighted by molar-refractivity contribution is 5.88. The number of anilines is 3. The summed E-state index contributed by atoms with van der Waals surface area (Å²) in [5, 5.41) is 9.55. The predicted molar refractivity (Wildman–Crippen MR) is 136 cm³/mol. The molecular formula is C29H22N4O. The molecule has 0 aliphatic heterocycles. The molecule has 6 aromatic rings. The fraction of sp³-hybridized carbons (Fsp3) is 0.0345. The zero-order chi connectivity index (χ0) is 23.1. The van der Waals surface area contributed by atoms with Gasteiger partial charge in [0.1, 0.15) is 11.4 Å². The number of fused-ring (bicyclic) bond motifs is 2. The van der Waals surface area contributed by atoms with Crippen LogP contribution in [0, 0.1) is 5.41 Å².